The van der Waals surface area contributed by atoms with Gasteiger partial charge in [0, 0.05) is 0 Å². The van der Waals surface area contributed by atoms with Gasteiger partial charge in [-0.05, 0) is 69.5 Å². The maximum atomic E-state index is 3.59. The van der Waals surface area contributed by atoms with Gasteiger partial charge in [-0.1, -0.05) is 56.0 Å². The third kappa shape index (κ3) is 4.85. The fraction of sp³-hybridized carbons (Fsp3) is 0.700. The molecule has 1 heteroatoms. The Bertz CT molecular complexity index is 417. The van der Waals surface area contributed by atoms with Crippen LogP contribution in [0.3, 0.4) is 0 Å². The monoisotopic (exact) mass is 287 g/mol. The van der Waals surface area contributed by atoms with Gasteiger partial charge in [0.15, 0.2) is 0 Å². The number of benzene rings is 1. The topological polar surface area (TPSA) is 12.0 Å². The Hall–Kier alpha value is -0.820. The Morgan fingerprint density at radius 1 is 1.00 bits per heavy atom. The van der Waals surface area contributed by atoms with E-state index in [9.17, 15) is 0 Å². The number of hydrogen-bond donors (Lipinski definition) is 1. The second-order valence-electron chi connectivity index (χ2n) is 7.12. The summed E-state index contributed by atoms with van der Waals surface area (Å²) in [4.78, 5) is 0. The van der Waals surface area contributed by atoms with E-state index in [-0.39, 0.29) is 0 Å². The van der Waals surface area contributed by atoms with Crippen molar-refractivity contribution < 1.29 is 0 Å². The third-order valence-electron chi connectivity index (χ3n) is 5.26. The predicted molar refractivity (Wildman–Crippen MR) is 92.8 cm³/mol. The molecule has 1 aromatic carbocycles. The van der Waals surface area contributed by atoms with Crippen LogP contribution >= 0.6 is 0 Å². The van der Waals surface area contributed by atoms with Gasteiger partial charge in [-0.2, -0.15) is 0 Å². The molecular formula is C20H33N. The summed E-state index contributed by atoms with van der Waals surface area (Å²) in [5, 5.41) is 3.59. The van der Waals surface area contributed by atoms with E-state index in [4.69, 9.17) is 0 Å². The van der Waals surface area contributed by atoms with Gasteiger partial charge in [0.2, 0.25) is 0 Å². The predicted octanol–water partition coefficient (Wildman–Crippen LogP) is 4.90. The highest BCUT2D eigenvalue weighted by atomic mass is 14.8. The summed E-state index contributed by atoms with van der Waals surface area (Å²) >= 11 is 0. The van der Waals surface area contributed by atoms with Crippen molar-refractivity contribution in [1.29, 1.82) is 0 Å². The van der Waals surface area contributed by atoms with Crippen molar-refractivity contribution in [2.75, 3.05) is 13.1 Å². The molecule has 1 saturated carbocycles. The van der Waals surface area contributed by atoms with E-state index in [0.29, 0.717) is 0 Å². The van der Waals surface area contributed by atoms with Crippen LogP contribution in [-0.2, 0) is 6.42 Å². The van der Waals surface area contributed by atoms with Crippen molar-refractivity contribution >= 4 is 0 Å². The maximum Gasteiger partial charge on any atom is -0.00179 e. The molecule has 0 aliphatic heterocycles. The zero-order valence-corrected chi connectivity index (χ0v) is 14.4. The average molecular weight is 287 g/mol. The summed E-state index contributed by atoms with van der Waals surface area (Å²) in [6.45, 7) is 11.3. The molecule has 0 heterocycles. The van der Waals surface area contributed by atoms with Crippen molar-refractivity contribution in [2.24, 2.45) is 17.8 Å². The first-order chi connectivity index (χ1) is 10.1. The van der Waals surface area contributed by atoms with Crippen molar-refractivity contribution in [3.8, 4) is 0 Å². The molecule has 0 amide bonds. The van der Waals surface area contributed by atoms with Gasteiger partial charge in [0.1, 0.15) is 0 Å². The molecule has 0 saturated heterocycles. The number of rotatable bonds is 6. The molecule has 21 heavy (non-hydrogen) atoms. The Labute approximate surface area is 131 Å². The summed E-state index contributed by atoms with van der Waals surface area (Å²) in [6.07, 6.45) is 6.92. The lowest BCUT2D eigenvalue weighted by molar-refractivity contribution is 0.172. The highest BCUT2D eigenvalue weighted by molar-refractivity contribution is 5.29. The van der Waals surface area contributed by atoms with Gasteiger partial charge >= 0.3 is 0 Å². The Balaban J connectivity index is 2.07. The quantitative estimate of drug-likeness (QED) is 0.785. The molecule has 1 aromatic rings. The highest BCUT2D eigenvalue weighted by Crippen LogP contribution is 2.37. The van der Waals surface area contributed by atoms with Crippen LogP contribution in [-0.4, -0.2) is 13.1 Å². The minimum atomic E-state index is 0.865. The van der Waals surface area contributed by atoms with Crippen LogP contribution in [0.2, 0.25) is 0 Å². The molecule has 1 aliphatic rings. The smallest absolute Gasteiger partial charge is 0.00179 e. The SMILES string of the molecule is CCNCC1CCC(CC)CC1Cc1cc(C)cc(C)c1. The summed E-state index contributed by atoms with van der Waals surface area (Å²) in [5.41, 5.74) is 4.38. The van der Waals surface area contributed by atoms with E-state index in [2.05, 4.69) is 51.2 Å². The van der Waals surface area contributed by atoms with Gasteiger partial charge in [-0.25, -0.2) is 0 Å². The summed E-state index contributed by atoms with van der Waals surface area (Å²) in [5.74, 6) is 2.69. The molecule has 1 fully saturated rings. The van der Waals surface area contributed by atoms with E-state index in [1.165, 1.54) is 49.8 Å². The largest absolute Gasteiger partial charge is 0.317 e. The molecule has 118 valence electrons. The molecule has 0 aromatic heterocycles. The van der Waals surface area contributed by atoms with Gasteiger partial charge < -0.3 is 5.32 Å². The van der Waals surface area contributed by atoms with E-state index in [1.54, 1.807) is 5.56 Å². The Morgan fingerprint density at radius 2 is 1.71 bits per heavy atom. The first kappa shape index (κ1) is 16.5. The summed E-state index contributed by atoms with van der Waals surface area (Å²) < 4.78 is 0. The fourth-order valence-corrected chi connectivity index (χ4v) is 4.13. The molecule has 0 bridgehead atoms. The maximum absolute atomic E-state index is 3.59. The van der Waals surface area contributed by atoms with Crippen LogP contribution in [0.5, 0.6) is 0 Å². The highest BCUT2D eigenvalue weighted by Gasteiger charge is 2.29. The Kier molecular flexibility index (Phi) is 6.29. The van der Waals surface area contributed by atoms with Crippen molar-refractivity contribution in [2.45, 2.75) is 59.8 Å². The Morgan fingerprint density at radius 3 is 2.33 bits per heavy atom. The lowest BCUT2D eigenvalue weighted by atomic mass is 9.71. The third-order valence-corrected chi connectivity index (χ3v) is 5.26. The van der Waals surface area contributed by atoms with Crippen molar-refractivity contribution in [3.63, 3.8) is 0 Å². The summed E-state index contributed by atoms with van der Waals surface area (Å²) in [7, 11) is 0. The molecule has 0 radical (unpaired) electrons. The molecule has 1 N–H and O–H groups in total. The van der Waals surface area contributed by atoms with Crippen molar-refractivity contribution in [3.05, 3.63) is 34.9 Å². The normalized spacial score (nSPS) is 26.0. The van der Waals surface area contributed by atoms with Crippen LogP contribution in [0.4, 0.5) is 0 Å². The average Bonchev–Trinajstić information content (AvgIpc) is 2.44. The number of aryl methyl sites for hydroxylation is 2. The summed E-state index contributed by atoms with van der Waals surface area (Å²) in [6, 6.07) is 7.08. The van der Waals surface area contributed by atoms with Crippen LogP contribution in [0.25, 0.3) is 0 Å². The first-order valence-corrected chi connectivity index (χ1v) is 8.90. The van der Waals surface area contributed by atoms with Gasteiger partial charge in [-0.3, -0.25) is 0 Å². The van der Waals surface area contributed by atoms with Crippen molar-refractivity contribution in [1.82, 2.24) is 5.32 Å². The number of nitrogens with one attached hydrogen (secondary N) is 1. The zero-order valence-electron chi connectivity index (χ0n) is 14.4. The standard InChI is InChI=1S/C20H33N/c1-5-17-7-8-19(14-21-6-2)20(12-17)13-18-10-15(3)9-16(4)11-18/h9-11,17,19-21H,5-8,12-14H2,1-4H3. The minimum Gasteiger partial charge on any atom is -0.317 e. The van der Waals surface area contributed by atoms with Gasteiger partial charge in [0.05, 0.1) is 0 Å². The number of hydrogen-bond acceptors (Lipinski definition) is 1. The van der Waals surface area contributed by atoms with Gasteiger partial charge in [-0.15, -0.1) is 0 Å². The van der Waals surface area contributed by atoms with E-state index >= 15 is 0 Å². The molecular weight excluding hydrogens is 254 g/mol. The van der Waals surface area contributed by atoms with E-state index in [0.717, 1.165) is 24.3 Å². The van der Waals surface area contributed by atoms with Crippen LogP contribution in [0, 0.1) is 31.6 Å². The second-order valence-corrected chi connectivity index (χ2v) is 7.12. The lowest BCUT2D eigenvalue weighted by Gasteiger charge is -2.36. The zero-order chi connectivity index (χ0) is 15.2. The molecule has 3 atom stereocenters. The molecule has 0 spiro atoms. The fourth-order valence-electron chi connectivity index (χ4n) is 4.13. The van der Waals surface area contributed by atoms with E-state index in [1.807, 2.05) is 0 Å². The lowest BCUT2D eigenvalue weighted by Crippen LogP contribution is -2.34. The molecule has 1 aliphatic carbocycles. The van der Waals surface area contributed by atoms with Crippen LogP contribution < -0.4 is 5.32 Å². The molecule has 3 unspecified atom stereocenters. The van der Waals surface area contributed by atoms with E-state index < -0.39 is 0 Å². The minimum absolute atomic E-state index is 0.865. The van der Waals surface area contributed by atoms with Gasteiger partial charge in [0.25, 0.3) is 0 Å². The second kappa shape index (κ2) is 7.98. The molecule has 2 rings (SSSR count). The van der Waals surface area contributed by atoms with Crippen LogP contribution in [0.15, 0.2) is 18.2 Å². The first-order valence-electron chi connectivity index (χ1n) is 8.90. The molecule has 1 nitrogen and oxygen atoms in total. The van der Waals surface area contributed by atoms with Crippen LogP contribution in [0.1, 0.15) is 56.2 Å².